The molecule has 0 spiro atoms. The lowest BCUT2D eigenvalue weighted by Gasteiger charge is -2.22. The Labute approximate surface area is 116 Å². The third-order valence-electron chi connectivity index (χ3n) is 3.36. The van der Waals surface area contributed by atoms with Crippen LogP contribution in [0.15, 0.2) is 24.3 Å². The number of hydrogen-bond donors (Lipinski definition) is 1. The fourth-order valence-electron chi connectivity index (χ4n) is 1.95. The molecular formula is C15H24ClNO. The van der Waals surface area contributed by atoms with Crippen molar-refractivity contribution >= 4 is 11.6 Å². The van der Waals surface area contributed by atoms with E-state index in [0.29, 0.717) is 10.9 Å². The van der Waals surface area contributed by atoms with E-state index >= 15 is 0 Å². The maximum absolute atomic E-state index is 10.1. The molecule has 0 aromatic heterocycles. The third kappa shape index (κ3) is 5.38. The highest BCUT2D eigenvalue weighted by atomic mass is 35.5. The number of aliphatic hydroxyl groups excluding tert-OH is 1. The summed E-state index contributed by atoms with van der Waals surface area (Å²) < 4.78 is 0. The fraction of sp³-hybridized carbons (Fsp3) is 0.600. The summed E-state index contributed by atoms with van der Waals surface area (Å²) in [5, 5.41) is 10.8. The van der Waals surface area contributed by atoms with Gasteiger partial charge in [-0.2, -0.15) is 0 Å². The van der Waals surface area contributed by atoms with Gasteiger partial charge in [0.15, 0.2) is 0 Å². The first-order valence-corrected chi connectivity index (χ1v) is 7.02. The fourth-order valence-corrected chi connectivity index (χ4v) is 2.07. The van der Waals surface area contributed by atoms with E-state index in [4.69, 9.17) is 11.6 Å². The molecule has 3 heteroatoms. The quantitative estimate of drug-likeness (QED) is 0.815. The van der Waals surface area contributed by atoms with Crippen LogP contribution in [-0.4, -0.2) is 30.1 Å². The van der Waals surface area contributed by atoms with Crippen molar-refractivity contribution in [2.24, 2.45) is 5.92 Å². The van der Waals surface area contributed by atoms with Gasteiger partial charge in [-0.15, -0.1) is 0 Å². The lowest BCUT2D eigenvalue weighted by Crippen LogP contribution is -2.26. The van der Waals surface area contributed by atoms with Gasteiger partial charge in [-0.1, -0.05) is 44.0 Å². The third-order valence-corrected chi connectivity index (χ3v) is 3.61. The minimum Gasteiger partial charge on any atom is -0.388 e. The van der Waals surface area contributed by atoms with Gasteiger partial charge in [0.05, 0.1) is 6.10 Å². The van der Waals surface area contributed by atoms with Crippen molar-refractivity contribution in [2.45, 2.75) is 32.8 Å². The molecule has 0 fully saturated rings. The highest BCUT2D eigenvalue weighted by Crippen LogP contribution is 2.19. The van der Waals surface area contributed by atoms with Gasteiger partial charge in [0.1, 0.15) is 0 Å². The first kappa shape index (κ1) is 15.5. The van der Waals surface area contributed by atoms with Crippen molar-refractivity contribution < 1.29 is 5.11 Å². The standard InChI is InChI=1S/C15H24ClNO/c1-4-12(2)11-17(3)10-9-15(18)13-5-7-14(16)8-6-13/h5-8,12,15,18H,4,9-11H2,1-3H3. The Morgan fingerprint density at radius 3 is 2.44 bits per heavy atom. The van der Waals surface area contributed by atoms with E-state index in [1.54, 1.807) is 0 Å². The Morgan fingerprint density at radius 2 is 1.89 bits per heavy atom. The molecule has 0 saturated heterocycles. The SMILES string of the molecule is CCC(C)CN(C)CCC(O)c1ccc(Cl)cc1. The van der Waals surface area contributed by atoms with Gasteiger partial charge in [0.2, 0.25) is 0 Å². The number of nitrogens with zero attached hydrogens (tertiary/aromatic N) is 1. The van der Waals surface area contributed by atoms with Crippen LogP contribution in [0.2, 0.25) is 5.02 Å². The molecule has 0 aliphatic carbocycles. The zero-order chi connectivity index (χ0) is 13.5. The maximum Gasteiger partial charge on any atom is 0.0802 e. The number of rotatable bonds is 7. The second kappa shape index (κ2) is 7.78. The average Bonchev–Trinajstić information content (AvgIpc) is 2.36. The molecule has 0 radical (unpaired) electrons. The van der Waals surface area contributed by atoms with E-state index in [9.17, 15) is 5.11 Å². The summed E-state index contributed by atoms with van der Waals surface area (Å²) in [6.07, 6.45) is 1.56. The maximum atomic E-state index is 10.1. The smallest absolute Gasteiger partial charge is 0.0802 e. The Bertz CT molecular complexity index is 339. The van der Waals surface area contributed by atoms with E-state index in [2.05, 4.69) is 25.8 Å². The molecule has 2 unspecified atom stereocenters. The van der Waals surface area contributed by atoms with Crippen LogP contribution in [0.4, 0.5) is 0 Å². The zero-order valence-electron chi connectivity index (χ0n) is 11.6. The van der Waals surface area contributed by atoms with Crippen LogP contribution < -0.4 is 0 Å². The molecule has 0 aliphatic heterocycles. The summed E-state index contributed by atoms with van der Waals surface area (Å²) in [5.74, 6) is 0.711. The number of hydrogen-bond acceptors (Lipinski definition) is 2. The molecule has 1 aromatic carbocycles. The molecule has 1 aromatic rings. The molecular weight excluding hydrogens is 246 g/mol. The Hall–Kier alpha value is -0.570. The van der Waals surface area contributed by atoms with Crippen LogP contribution in [0.1, 0.15) is 38.4 Å². The van der Waals surface area contributed by atoms with Gasteiger partial charge < -0.3 is 10.0 Å². The van der Waals surface area contributed by atoms with Crippen molar-refractivity contribution in [1.82, 2.24) is 4.90 Å². The molecule has 0 bridgehead atoms. The van der Waals surface area contributed by atoms with E-state index in [1.807, 2.05) is 24.3 Å². The van der Waals surface area contributed by atoms with Gasteiger partial charge in [0.25, 0.3) is 0 Å². The van der Waals surface area contributed by atoms with E-state index < -0.39 is 6.10 Å². The van der Waals surface area contributed by atoms with Gasteiger partial charge in [-0.05, 0) is 37.1 Å². The molecule has 0 heterocycles. The van der Waals surface area contributed by atoms with E-state index in [1.165, 1.54) is 6.42 Å². The lowest BCUT2D eigenvalue weighted by atomic mass is 10.1. The molecule has 102 valence electrons. The second-order valence-corrected chi connectivity index (χ2v) is 5.57. The molecule has 2 nitrogen and oxygen atoms in total. The average molecular weight is 270 g/mol. The first-order chi connectivity index (χ1) is 8.52. The van der Waals surface area contributed by atoms with Gasteiger partial charge in [0, 0.05) is 18.1 Å². The lowest BCUT2D eigenvalue weighted by molar-refractivity contribution is 0.145. The summed E-state index contributed by atoms with van der Waals surface area (Å²) in [6.45, 7) is 6.46. The zero-order valence-corrected chi connectivity index (χ0v) is 12.3. The Balaban J connectivity index is 2.36. The number of benzene rings is 1. The van der Waals surface area contributed by atoms with Crippen LogP contribution in [-0.2, 0) is 0 Å². The van der Waals surface area contributed by atoms with E-state index in [0.717, 1.165) is 25.1 Å². The number of aliphatic hydroxyl groups is 1. The summed E-state index contributed by atoms with van der Waals surface area (Å²) in [5.41, 5.74) is 0.941. The van der Waals surface area contributed by atoms with Crippen molar-refractivity contribution in [3.8, 4) is 0 Å². The van der Waals surface area contributed by atoms with Crippen LogP contribution >= 0.6 is 11.6 Å². The molecule has 1 N–H and O–H groups in total. The normalized spacial score (nSPS) is 14.8. The van der Waals surface area contributed by atoms with Crippen molar-refractivity contribution in [2.75, 3.05) is 20.1 Å². The van der Waals surface area contributed by atoms with Crippen LogP contribution in [0.3, 0.4) is 0 Å². The van der Waals surface area contributed by atoms with Crippen molar-refractivity contribution in [1.29, 1.82) is 0 Å². The van der Waals surface area contributed by atoms with Crippen molar-refractivity contribution in [3.63, 3.8) is 0 Å². The number of halogens is 1. The van der Waals surface area contributed by atoms with Crippen LogP contribution in [0, 0.1) is 5.92 Å². The Morgan fingerprint density at radius 1 is 1.28 bits per heavy atom. The minimum absolute atomic E-state index is 0.401. The predicted octanol–water partition coefficient (Wildman–Crippen LogP) is 3.74. The highest BCUT2D eigenvalue weighted by molar-refractivity contribution is 6.30. The second-order valence-electron chi connectivity index (χ2n) is 5.13. The van der Waals surface area contributed by atoms with E-state index in [-0.39, 0.29) is 0 Å². The summed E-state index contributed by atoms with van der Waals surface area (Å²) in [7, 11) is 2.11. The molecule has 0 saturated carbocycles. The van der Waals surface area contributed by atoms with Crippen LogP contribution in [0.5, 0.6) is 0 Å². The summed E-state index contributed by atoms with van der Waals surface area (Å²) >= 11 is 5.83. The Kier molecular flexibility index (Phi) is 6.69. The monoisotopic (exact) mass is 269 g/mol. The van der Waals surface area contributed by atoms with Gasteiger partial charge in [-0.25, -0.2) is 0 Å². The molecule has 2 atom stereocenters. The first-order valence-electron chi connectivity index (χ1n) is 6.65. The molecule has 18 heavy (non-hydrogen) atoms. The summed E-state index contributed by atoms with van der Waals surface area (Å²) in [4.78, 5) is 2.29. The largest absolute Gasteiger partial charge is 0.388 e. The highest BCUT2D eigenvalue weighted by Gasteiger charge is 2.10. The molecule has 1 rings (SSSR count). The van der Waals surface area contributed by atoms with Crippen LogP contribution in [0.25, 0.3) is 0 Å². The summed E-state index contributed by atoms with van der Waals surface area (Å²) in [6, 6.07) is 7.43. The topological polar surface area (TPSA) is 23.5 Å². The van der Waals surface area contributed by atoms with Crippen molar-refractivity contribution in [3.05, 3.63) is 34.9 Å². The minimum atomic E-state index is -0.401. The van der Waals surface area contributed by atoms with Gasteiger partial charge >= 0.3 is 0 Å². The van der Waals surface area contributed by atoms with Gasteiger partial charge in [-0.3, -0.25) is 0 Å². The molecule has 0 aliphatic rings. The molecule has 0 amide bonds. The predicted molar refractivity (Wildman–Crippen MR) is 78.0 cm³/mol.